The lowest BCUT2D eigenvalue weighted by Crippen LogP contribution is -2.41. The molecule has 0 saturated heterocycles. The summed E-state index contributed by atoms with van der Waals surface area (Å²) in [7, 11) is 0. The Morgan fingerprint density at radius 3 is 2.14 bits per heavy atom. The molecule has 28 heavy (non-hydrogen) atoms. The smallest absolute Gasteiger partial charge is 0.407 e. The van der Waals surface area contributed by atoms with Crippen LogP contribution in [0.4, 0.5) is 4.79 Å². The molecule has 2 aromatic rings. The van der Waals surface area contributed by atoms with Gasteiger partial charge in [0.1, 0.15) is 5.60 Å². The number of carbonyl (C=O) groups excluding carboxylic acids is 2. The molecule has 0 aromatic heterocycles. The van der Waals surface area contributed by atoms with E-state index in [9.17, 15) is 9.59 Å². The van der Waals surface area contributed by atoms with E-state index in [0.29, 0.717) is 13.0 Å². The van der Waals surface area contributed by atoms with Crippen LogP contribution in [0, 0.1) is 0 Å². The maximum absolute atomic E-state index is 12.2. The Labute approximate surface area is 167 Å². The molecular formula is C23H29NO4. The standard InChI is InChI=1S/C23H29NO4/c1-5-27-21(25)16-20(24-22(26)28-23(2,3)4)15-17-11-13-19(14-12-17)18-9-7-6-8-10-18/h6-14,20H,5,15-16H2,1-4H3,(H,24,26)/t20-/m1/s1. The Balaban J connectivity index is 2.07. The van der Waals surface area contributed by atoms with Gasteiger partial charge in [-0.3, -0.25) is 4.79 Å². The summed E-state index contributed by atoms with van der Waals surface area (Å²) in [6, 6.07) is 17.8. The first-order chi connectivity index (χ1) is 13.3. The van der Waals surface area contributed by atoms with Crippen LogP contribution in [0.1, 0.15) is 39.7 Å². The molecule has 0 bridgehead atoms. The predicted octanol–water partition coefficient (Wildman–Crippen LogP) is 4.74. The lowest BCUT2D eigenvalue weighted by atomic mass is 9.99. The molecule has 0 unspecified atom stereocenters. The molecule has 2 rings (SSSR count). The second-order valence-electron chi connectivity index (χ2n) is 7.62. The summed E-state index contributed by atoms with van der Waals surface area (Å²) in [5.74, 6) is -0.343. The number of esters is 1. The van der Waals surface area contributed by atoms with Crippen molar-refractivity contribution >= 4 is 12.1 Å². The molecule has 2 aromatic carbocycles. The van der Waals surface area contributed by atoms with Crippen LogP contribution < -0.4 is 5.32 Å². The van der Waals surface area contributed by atoms with E-state index >= 15 is 0 Å². The van der Waals surface area contributed by atoms with E-state index in [0.717, 1.165) is 16.7 Å². The molecular weight excluding hydrogens is 354 g/mol. The van der Waals surface area contributed by atoms with E-state index in [1.807, 2.05) is 42.5 Å². The van der Waals surface area contributed by atoms with Crippen molar-refractivity contribution < 1.29 is 19.1 Å². The summed E-state index contributed by atoms with van der Waals surface area (Å²) in [5, 5.41) is 2.80. The first-order valence-corrected chi connectivity index (χ1v) is 9.56. The van der Waals surface area contributed by atoms with Gasteiger partial charge in [-0.05, 0) is 50.8 Å². The number of hydrogen-bond donors (Lipinski definition) is 1. The first-order valence-electron chi connectivity index (χ1n) is 9.56. The summed E-state index contributed by atoms with van der Waals surface area (Å²) in [6.45, 7) is 7.47. The van der Waals surface area contributed by atoms with Crippen molar-refractivity contribution in [1.29, 1.82) is 0 Å². The normalized spacial score (nSPS) is 12.1. The van der Waals surface area contributed by atoms with Crippen molar-refractivity contribution in [2.24, 2.45) is 0 Å². The van der Waals surface area contributed by atoms with Crippen LogP contribution in [-0.2, 0) is 20.7 Å². The highest BCUT2D eigenvalue weighted by atomic mass is 16.6. The Morgan fingerprint density at radius 2 is 1.57 bits per heavy atom. The zero-order valence-corrected chi connectivity index (χ0v) is 17.0. The molecule has 0 radical (unpaired) electrons. The highest BCUT2D eigenvalue weighted by Crippen LogP contribution is 2.20. The highest BCUT2D eigenvalue weighted by molar-refractivity contribution is 5.73. The number of benzene rings is 2. The van der Waals surface area contributed by atoms with Crippen LogP contribution in [0.5, 0.6) is 0 Å². The second kappa shape index (κ2) is 9.93. The number of hydrogen-bond acceptors (Lipinski definition) is 4. The largest absolute Gasteiger partial charge is 0.466 e. The Hall–Kier alpha value is -2.82. The zero-order chi connectivity index (χ0) is 20.6. The summed E-state index contributed by atoms with van der Waals surface area (Å²) in [5.41, 5.74) is 2.68. The third-order valence-corrected chi connectivity index (χ3v) is 3.98. The molecule has 0 heterocycles. The molecule has 0 aliphatic rings. The average Bonchev–Trinajstić information content (AvgIpc) is 2.61. The first kappa shape index (κ1) is 21.5. The van der Waals surface area contributed by atoms with Gasteiger partial charge >= 0.3 is 12.1 Å². The van der Waals surface area contributed by atoms with Crippen molar-refractivity contribution in [1.82, 2.24) is 5.32 Å². The lowest BCUT2D eigenvalue weighted by Gasteiger charge is -2.23. The van der Waals surface area contributed by atoms with Gasteiger partial charge in [0, 0.05) is 6.04 Å². The van der Waals surface area contributed by atoms with Crippen LogP contribution in [0.25, 0.3) is 11.1 Å². The van der Waals surface area contributed by atoms with E-state index in [1.54, 1.807) is 27.7 Å². The summed E-state index contributed by atoms with van der Waals surface area (Å²) in [6.07, 6.45) is 0.0587. The molecule has 0 aliphatic carbocycles. The molecule has 1 amide bonds. The van der Waals surface area contributed by atoms with Crippen LogP contribution >= 0.6 is 0 Å². The number of ether oxygens (including phenoxy) is 2. The Morgan fingerprint density at radius 1 is 0.964 bits per heavy atom. The van der Waals surface area contributed by atoms with Crippen molar-refractivity contribution in [2.45, 2.75) is 52.2 Å². The molecule has 0 aliphatic heterocycles. The van der Waals surface area contributed by atoms with Gasteiger partial charge in [-0.1, -0.05) is 54.6 Å². The van der Waals surface area contributed by atoms with E-state index < -0.39 is 17.7 Å². The van der Waals surface area contributed by atoms with Crippen molar-refractivity contribution in [3.8, 4) is 11.1 Å². The maximum Gasteiger partial charge on any atom is 0.407 e. The second-order valence-corrected chi connectivity index (χ2v) is 7.62. The minimum atomic E-state index is -0.601. The molecule has 1 atom stereocenters. The fourth-order valence-electron chi connectivity index (χ4n) is 2.82. The predicted molar refractivity (Wildman–Crippen MR) is 110 cm³/mol. The van der Waals surface area contributed by atoms with E-state index in [-0.39, 0.29) is 12.4 Å². The molecule has 5 nitrogen and oxygen atoms in total. The third kappa shape index (κ3) is 7.43. The van der Waals surface area contributed by atoms with Crippen LogP contribution in [-0.4, -0.2) is 30.3 Å². The fraction of sp³-hybridized carbons (Fsp3) is 0.391. The van der Waals surface area contributed by atoms with Gasteiger partial charge in [0.2, 0.25) is 0 Å². The number of carbonyl (C=O) groups is 2. The van der Waals surface area contributed by atoms with Crippen molar-refractivity contribution in [2.75, 3.05) is 6.61 Å². The summed E-state index contributed by atoms with van der Waals surface area (Å²) >= 11 is 0. The van der Waals surface area contributed by atoms with Crippen LogP contribution in [0.3, 0.4) is 0 Å². The zero-order valence-electron chi connectivity index (χ0n) is 17.0. The van der Waals surface area contributed by atoms with Gasteiger partial charge < -0.3 is 14.8 Å². The molecule has 150 valence electrons. The Bertz CT molecular complexity index is 763. The monoisotopic (exact) mass is 383 g/mol. The van der Waals surface area contributed by atoms with E-state index in [4.69, 9.17) is 9.47 Å². The lowest BCUT2D eigenvalue weighted by molar-refractivity contribution is -0.143. The van der Waals surface area contributed by atoms with Crippen LogP contribution in [0.2, 0.25) is 0 Å². The molecule has 5 heteroatoms. The van der Waals surface area contributed by atoms with Gasteiger partial charge in [-0.25, -0.2) is 4.79 Å². The number of rotatable bonds is 7. The minimum Gasteiger partial charge on any atom is -0.466 e. The topological polar surface area (TPSA) is 64.6 Å². The fourth-order valence-corrected chi connectivity index (χ4v) is 2.82. The van der Waals surface area contributed by atoms with E-state index in [1.165, 1.54) is 0 Å². The third-order valence-electron chi connectivity index (χ3n) is 3.98. The van der Waals surface area contributed by atoms with Gasteiger partial charge in [0.05, 0.1) is 13.0 Å². The molecule has 0 fully saturated rings. The van der Waals surface area contributed by atoms with Crippen molar-refractivity contribution in [3.05, 3.63) is 60.2 Å². The summed E-state index contributed by atoms with van der Waals surface area (Å²) in [4.78, 5) is 24.1. The van der Waals surface area contributed by atoms with Gasteiger partial charge in [0.15, 0.2) is 0 Å². The Kier molecular flexibility index (Phi) is 7.61. The minimum absolute atomic E-state index is 0.0908. The SMILES string of the molecule is CCOC(=O)C[C@@H](Cc1ccc(-c2ccccc2)cc1)NC(=O)OC(C)(C)C. The quantitative estimate of drug-likeness (QED) is 0.701. The molecule has 1 N–H and O–H groups in total. The number of alkyl carbamates (subject to hydrolysis) is 1. The van der Waals surface area contributed by atoms with Crippen molar-refractivity contribution in [3.63, 3.8) is 0 Å². The molecule has 0 spiro atoms. The maximum atomic E-state index is 12.2. The highest BCUT2D eigenvalue weighted by Gasteiger charge is 2.22. The van der Waals surface area contributed by atoms with E-state index in [2.05, 4.69) is 17.4 Å². The average molecular weight is 383 g/mol. The number of amides is 1. The molecule has 0 saturated carbocycles. The van der Waals surface area contributed by atoms with Gasteiger partial charge in [-0.15, -0.1) is 0 Å². The van der Waals surface area contributed by atoms with Gasteiger partial charge in [-0.2, -0.15) is 0 Å². The van der Waals surface area contributed by atoms with Crippen LogP contribution in [0.15, 0.2) is 54.6 Å². The number of nitrogens with one attached hydrogen (secondary N) is 1. The summed E-state index contributed by atoms with van der Waals surface area (Å²) < 4.78 is 10.4. The van der Waals surface area contributed by atoms with Gasteiger partial charge in [0.25, 0.3) is 0 Å².